The number of aliphatic imine (C=N–C) groups is 1. The summed E-state index contributed by atoms with van der Waals surface area (Å²) in [6.45, 7) is 8.66. The van der Waals surface area contributed by atoms with Crippen LogP contribution in [0.1, 0.15) is 33.1 Å². The van der Waals surface area contributed by atoms with Crippen molar-refractivity contribution in [2.75, 3.05) is 33.3 Å². The highest BCUT2D eigenvalue weighted by Gasteiger charge is 2.31. The number of halogens is 1. The molecule has 0 aromatic carbocycles. The second-order valence-electron chi connectivity index (χ2n) is 5.90. The summed E-state index contributed by atoms with van der Waals surface area (Å²) in [5.41, 5.74) is 0.418. The molecule has 1 unspecified atom stereocenters. The van der Waals surface area contributed by atoms with Gasteiger partial charge in [0.1, 0.15) is 0 Å². The van der Waals surface area contributed by atoms with Crippen LogP contribution >= 0.6 is 24.0 Å². The predicted octanol–water partition coefficient (Wildman–Crippen LogP) is 2.09. The monoisotopic (exact) mass is 367 g/mol. The van der Waals surface area contributed by atoms with E-state index in [9.17, 15) is 0 Å². The Labute approximate surface area is 128 Å². The first kappa shape index (κ1) is 16.0. The van der Waals surface area contributed by atoms with Gasteiger partial charge in [0.2, 0.25) is 0 Å². The minimum Gasteiger partial charge on any atom is -0.376 e. The van der Waals surface area contributed by atoms with Gasteiger partial charge in [-0.1, -0.05) is 13.8 Å². The lowest BCUT2D eigenvalue weighted by Gasteiger charge is -2.24. The van der Waals surface area contributed by atoms with E-state index in [4.69, 9.17) is 4.74 Å². The normalized spacial score (nSPS) is 27.2. The highest BCUT2D eigenvalue weighted by molar-refractivity contribution is 14.0. The molecule has 1 N–H and O–H groups in total. The lowest BCUT2D eigenvalue weighted by atomic mass is 9.93. The Morgan fingerprint density at radius 1 is 1.50 bits per heavy atom. The molecule has 0 saturated carbocycles. The maximum absolute atomic E-state index is 5.62. The number of nitrogens with zero attached hydrogens (tertiary/aromatic N) is 2. The molecule has 2 aliphatic heterocycles. The molecule has 2 rings (SSSR count). The Morgan fingerprint density at radius 3 is 2.78 bits per heavy atom. The minimum absolute atomic E-state index is 0. The van der Waals surface area contributed by atoms with Crippen molar-refractivity contribution in [2.45, 2.75) is 39.2 Å². The van der Waals surface area contributed by atoms with E-state index in [1.54, 1.807) is 0 Å². The minimum atomic E-state index is 0. The van der Waals surface area contributed by atoms with Crippen molar-refractivity contribution in [1.82, 2.24) is 10.2 Å². The smallest absolute Gasteiger partial charge is 0.193 e. The van der Waals surface area contributed by atoms with Crippen LogP contribution in [-0.2, 0) is 4.74 Å². The fourth-order valence-electron chi connectivity index (χ4n) is 2.64. The molecule has 1 atom stereocenters. The molecule has 5 heteroatoms. The molecule has 2 saturated heterocycles. The fourth-order valence-corrected chi connectivity index (χ4v) is 2.64. The molecule has 4 nitrogen and oxygen atoms in total. The summed E-state index contributed by atoms with van der Waals surface area (Å²) >= 11 is 0. The van der Waals surface area contributed by atoms with Crippen LogP contribution in [0.5, 0.6) is 0 Å². The van der Waals surface area contributed by atoms with E-state index < -0.39 is 0 Å². The van der Waals surface area contributed by atoms with Crippen molar-refractivity contribution >= 4 is 29.9 Å². The van der Waals surface area contributed by atoms with Gasteiger partial charge in [-0.2, -0.15) is 0 Å². The van der Waals surface area contributed by atoms with Gasteiger partial charge < -0.3 is 15.0 Å². The maximum Gasteiger partial charge on any atom is 0.193 e. The Kier molecular flexibility index (Phi) is 6.17. The molecule has 0 amide bonds. The van der Waals surface area contributed by atoms with Crippen LogP contribution in [0, 0.1) is 5.41 Å². The predicted molar refractivity (Wildman–Crippen MR) is 85.7 cm³/mol. The number of hydrogen-bond acceptors (Lipinski definition) is 2. The van der Waals surface area contributed by atoms with Crippen molar-refractivity contribution in [2.24, 2.45) is 10.4 Å². The summed E-state index contributed by atoms with van der Waals surface area (Å²) in [6, 6.07) is 0. The Hall–Kier alpha value is -0.0400. The fraction of sp³-hybridized carbons (Fsp3) is 0.923. The zero-order chi connectivity index (χ0) is 12.3. The first-order valence-corrected chi connectivity index (χ1v) is 6.68. The third-order valence-electron chi connectivity index (χ3n) is 3.70. The number of rotatable bonds is 2. The maximum atomic E-state index is 5.62. The van der Waals surface area contributed by atoms with Crippen LogP contribution in [-0.4, -0.2) is 50.3 Å². The number of hydrogen-bond donors (Lipinski definition) is 1. The van der Waals surface area contributed by atoms with Gasteiger partial charge in [-0.25, -0.2) is 0 Å². The summed E-state index contributed by atoms with van der Waals surface area (Å²) in [5.74, 6) is 1.03. The molecule has 18 heavy (non-hydrogen) atoms. The van der Waals surface area contributed by atoms with Crippen LogP contribution in [0.25, 0.3) is 0 Å². The van der Waals surface area contributed by atoms with E-state index in [1.807, 2.05) is 7.05 Å². The summed E-state index contributed by atoms with van der Waals surface area (Å²) < 4.78 is 5.62. The number of guanidine groups is 1. The summed E-state index contributed by atoms with van der Waals surface area (Å²) in [6.07, 6.45) is 3.99. The number of ether oxygens (including phenoxy) is 1. The SMILES string of the molecule is CN=C(NCC1CCCO1)N1CCC(C)(C)C1.I. The summed E-state index contributed by atoms with van der Waals surface area (Å²) in [4.78, 5) is 6.73. The van der Waals surface area contributed by atoms with Gasteiger partial charge in [-0.15, -0.1) is 24.0 Å². The van der Waals surface area contributed by atoms with Crippen molar-refractivity contribution in [3.05, 3.63) is 0 Å². The number of nitrogens with one attached hydrogen (secondary N) is 1. The van der Waals surface area contributed by atoms with E-state index in [-0.39, 0.29) is 24.0 Å². The van der Waals surface area contributed by atoms with Crippen LogP contribution in [0.4, 0.5) is 0 Å². The molecular formula is C13H26IN3O. The molecule has 0 radical (unpaired) electrons. The first-order chi connectivity index (χ1) is 8.11. The Balaban J connectivity index is 0.00000162. The van der Waals surface area contributed by atoms with Gasteiger partial charge in [-0.3, -0.25) is 4.99 Å². The molecule has 0 spiro atoms. The van der Waals surface area contributed by atoms with Gasteiger partial charge in [0.05, 0.1) is 6.10 Å². The zero-order valence-corrected chi connectivity index (χ0v) is 14.1. The van der Waals surface area contributed by atoms with Crippen LogP contribution < -0.4 is 5.32 Å². The lowest BCUT2D eigenvalue weighted by molar-refractivity contribution is 0.113. The standard InChI is InChI=1S/C13H25N3O.HI/c1-13(2)6-7-16(10-13)12(14-3)15-9-11-5-4-8-17-11;/h11H,4-10H2,1-3H3,(H,14,15);1H. The summed E-state index contributed by atoms with van der Waals surface area (Å²) in [5, 5.41) is 3.44. The van der Waals surface area contributed by atoms with Crippen molar-refractivity contribution in [3.63, 3.8) is 0 Å². The molecular weight excluding hydrogens is 341 g/mol. The Bertz CT molecular complexity index is 288. The number of likely N-dealkylation sites (tertiary alicyclic amines) is 1. The second-order valence-corrected chi connectivity index (χ2v) is 5.90. The average Bonchev–Trinajstić information content (AvgIpc) is 2.89. The van der Waals surface area contributed by atoms with Gasteiger partial charge in [0.15, 0.2) is 5.96 Å². The summed E-state index contributed by atoms with van der Waals surface area (Å²) in [7, 11) is 1.86. The largest absolute Gasteiger partial charge is 0.376 e. The van der Waals surface area contributed by atoms with Crippen LogP contribution in [0.3, 0.4) is 0 Å². The molecule has 2 heterocycles. The average molecular weight is 367 g/mol. The van der Waals surface area contributed by atoms with Crippen molar-refractivity contribution in [3.8, 4) is 0 Å². The quantitative estimate of drug-likeness (QED) is 0.461. The van der Waals surface area contributed by atoms with E-state index in [2.05, 4.69) is 29.1 Å². The highest BCUT2D eigenvalue weighted by Crippen LogP contribution is 2.28. The molecule has 106 valence electrons. The van der Waals surface area contributed by atoms with Crippen LogP contribution in [0.2, 0.25) is 0 Å². The third-order valence-corrected chi connectivity index (χ3v) is 3.70. The van der Waals surface area contributed by atoms with Crippen molar-refractivity contribution in [1.29, 1.82) is 0 Å². The van der Waals surface area contributed by atoms with Gasteiger partial charge in [0, 0.05) is 33.3 Å². The molecule has 2 fully saturated rings. The van der Waals surface area contributed by atoms with Crippen molar-refractivity contribution < 1.29 is 4.74 Å². The molecule has 0 bridgehead atoms. The topological polar surface area (TPSA) is 36.9 Å². The highest BCUT2D eigenvalue weighted by atomic mass is 127. The van der Waals surface area contributed by atoms with E-state index >= 15 is 0 Å². The van der Waals surface area contributed by atoms with Gasteiger partial charge >= 0.3 is 0 Å². The third kappa shape index (κ3) is 4.26. The van der Waals surface area contributed by atoms with Gasteiger partial charge in [-0.05, 0) is 24.7 Å². The molecule has 0 aromatic rings. The lowest BCUT2D eigenvalue weighted by Crippen LogP contribution is -2.43. The molecule has 2 aliphatic rings. The van der Waals surface area contributed by atoms with Crippen LogP contribution in [0.15, 0.2) is 4.99 Å². The van der Waals surface area contributed by atoms with E-state index in [0.717, 1.165) is 32.2 Å². The Morgan fingerprint density at radius 2 is 2.28 bits per heavy atom. The van der Waals surface area contributed by atoms with E-state index in [0.29, 0.717) is 11.5 Å². The second kappa shape index (κ2) is 6.93. The first-order valence-electron chi connectivity index (χ1n) is 6.68. The van der Waals surface area contributed by atoms with E-state index in [1.165, 1.54) is 19.3 Å². The molecule has 0 aromatic heterocycles. The molecule has 0 aliphatic carbocycles. The van der Waals surface area contributed by atoms with Gasteiger partial charge in [0.25, 0.3) is 0 Å². The zero-order valence-electron chi connectivity index (χ0n) is 11.7.